The van der Waals surface area contributed by atoms with Crippen molar-refractivity contribution in [3.05, 3.63) is 39.8 Å². The van der Waals surface area contributed by atoms with Crippen LogP contribution in [0.4, 0.5) is 0 Å². The summed E-state index contributed by atoms with van der Waals surface area (Å²) in [4.78, 5) is 15.7. The maximum Gasteiger partial charge on any atom is 0.234 e. The molecule has 2 N–H and O–H groups in total. The topological polar surface area (TPSA) is 61.0 Å². The van der Waals surface area contributed by atoms with E-state index in [-0.39, 0.29) is 5.91 Å². The van der Waals surface area contributed by atoms with Crippen molar-refractivity contribution in [2.45, 2.75) is 32.1 Å². The third-order valence-corrected chi connectivity index (χ3v) is 5.23. The van der Waals surface area contributed by atoms with E-state index in [2.05, 4.69) is 37.9 Å². The summed E-state index contributed by atoms with van der Waals surface area (Å²) in [5.41, 5.74) is 2.23. The molecule has 1 aliphatic heterocycles. The second-order valence-corrected chi connectivity index (χ2v) is 7.26. The van der Waals surface area contributed by atoms with Crippen LogP contribution in [0.2, 0.25) is 0 Å². The van der Waals surface area contributed by atoms with Crippen molar-refractivity contribution in [3.8, 4) is 0 Å². The molecule has 1 fully saturated rings. The van der Waals surface area contributed by atoms with Crippen molar-refractivity contribution < 1.29 is 4.79 Å². The molecule has 0 radical (unpaired) electrons. The fourth-order valence-electron chi connectivity index (χ4n) is 3.13. The molecule has 3 rings (SSSR count). The lowest BCUT2D eigenvalue weighted by molar-refractivity contribution is -0.122. The predicted octanol–water partition coefficient (Wildman–Crippen LogP) is 2.32. The van der Waals surface area contributed by atoms with E-state index in [1.807, 2.05) is 13.0 Å². The van der Waals surface area contributed by atoms with Crippen LogP contribution >= 0.6 is 11.3 Å². The number of hydrogen-bond acceptors (Lipinski definition) is 4. The van der Waals surface area contributed by atoms with E-state index >= 15 is 0 Å². The Morgan fingerprint density at radius 1 is 1.57 bits per heavy atom. The van der Waals surface area contributed by atoms with Crippen LogP contribution < -0.4 is 5.32 Å². The Hall–Kier alpha value is -1.66. The smallest absolute Gasteiger partial charge is 0.234 e. The summed E-state index contributed by atoms with van der Waals surface area (Å²) in [6, 6.07) is 6.28. The number of rotatable bonds is 6. The SMILES string of the molecule is Cc1cc([C@@H]2CCCN(CC(=O)NCCc3cccs3)C2)n[nH]1. The lowest BCUT2D eigenvalue weighted by Crippen LogP contribution is -2.42. The second-order valence-electron chi connectivity index (χ2n) is 6.23. The lowest BCUT2D eigenvalue weighted by Gasteiger charge is -2.31. The largest absolute Gasteiger partial charge is 0.355 e. The summed E-state index contributed by atoms with van der Waals surface area (Å²) in [5.74, 6) is 0.563. The van der Waals surface area contributed by atoms with Crippen molar-refractivity contribution in [1.29, 1.82) is 0 Å². The molecule has 0 saturated carbocycles. The summed E-state index contributed by atoms with van der Waals surface area (Å²) in [5, 5.41) is 12.5. The monoisotopic (exact) mass is 332 g/mol. The van der Waals surface area contributed by atoms with Crippen LogP contribution in [0, 0.1) is 6.92 Å². The van der Waals surface area contributed by atoms with Gasteiger partial charge >= 0.3 is 0 Å². The average Bonchev–Trinajstić information content (AvgIpc) is 3.19. The summed E-state index contributed by atoms with van der Waals surface area (Å²) in [7, 11) is 0. The molecule has 0 aliphatic carbocycles. The summed E-state index contributed by atoms with van der Waals surface area (Å²) in [6.45, 7) is 5.15. The highest BCUT2D eigenvalue weighted by molar-refractivity contribution is 7.09. The molecule has 0 bridgehead atoms. The van der Waals surface area contributed by atoms with Gasteiger partial charge in [-0.05, 0) is 50.2 Å². The Bertz CT molecular complexity index is 622. The number of thiophene rings is 1. The van der Waals surface area contributed by atoms with Gasteiger partial charge in [0.25, 0.3) is 0 Å². The number of aromatic nitrogens is 2. The van der Waals surface area contributed by atoms with Crippen LogP contribution in [-0.2, 0) is 11.2 Å². The molecule has 5 nitrogen and oxygen atoms in total. The molecule has 1 saturated heterocycles. The number of carbonyl (C=O) groups excluding carboxylic acids is 1. The molecule has 0 unspecified atom stereocenters. The zero-order valence-electron chi connectivity index (χ0n) is 13.5. The van der Waals surface area contributed by atoms with Crippen LogP contribution in [0.1, 0.15) is 35.0 Å². The first-order valence-corrected chi connectivity index (χ1v) is 9.12. The minimum atomic E-state index is 0.125. The molecule has 1 amide bonds. The summed E-state index contributed by atoms with van der Waals surface area (Å²) in [6.07, 6.45) is 3.19. The Balaban J connectivity index is 1.42. The number of carbonyl (C=O) groups is 1. The van der Waals surface area contributed by atoms with Gasteiger partial charge < -0.3 is 5.32 Å². The molecule has 2 aromatic heterocycles. The minimum Gasteiger partial charge on any atom is -0.355 e. The van der Waals surface area contributed by atoms with E-state index in [9.17, 15) is 4.79 Å². The number of hydrogen-bond donors (Lipinski definition) is 2. The first-order valence-electron chi connectivity index (χ1n) is 8.24. The average molecular weight is 332 g/mol. The standard InChI is InChI=1S/C17H24N4OS/c1-13-10-16(20-19-13)14-4-2-8-21(11-14)12-17(22)18-7-6-15-5-3-9-23-15/h3,5,9-10,14H,2,4,6-8,11-12H2,1H3,(H,18,22)(H,19,20)/t14-/m1/s1. The van der Waals surface area contributed by atoms with Crippen molar-refractivity contribution >= 4 is 17.2 Å². The van der Waals surface area contributed by atoms with Gasteiger partial charge in [-0.2, -0.15) is 5.10 Å². The molecule has 124 valence electrons. The Morgan fingerprint density at radius 3 is 3.22 bits per heavy atom. The fourth-order valence-corrected chi connectivity index (χ4v) is 3.84. The van der Waals surface area contributed by atoms with Gasteiger partial charge in [0.05, 0.1) is 12.2 Å². The van der Waals surface area contributed by atoms with E-state index in [1.165, 1.54) is 4.88 Å². The van der Waals surface area contributed by atoms with E-state index in [0.717, 1.165) is 50.3 Å². The van der Waals surface area contributed by atoms with Crippen LogP contribution in [0.25, 0.3) is 0 Å². The number of piperidine rings is 1. The zero-order valence-corrected chi connectivity index (χ0v) is 14.4. The van der Waals surface area contributed by atoms with Crippen molar-refractivity contribution in [1.82, 2.24) is 20.4 Å². The number of likely N-dealkylation sites (tertiary alicyclic amines) is 1. The molecular formula is C17H24N4OS. The number of amides is 1. The highest BCUT2D eigenvalue weighted by Crippen LogP contribution is 2.25. The molecule has 23 heavy (non-hydrogen) atoms. The van der Waals surface area contributed by atoms with Gasteiger partial charge in [0, 0.05) is 29.6 Å². The summed E-state index contributed by atoms with van der Waals surface area (Å²) < 4.78 is 0. The lowest BCUT2D eigenvalue weighted by atomic mass is 9.94. The number of nitrogens with one attached hydrogen (secondary N) is 2. The van der Waals surface area contributed by atoms with Crippen molar-refractivity contribution in [2.75, 3.05) is 26.2 Å². The highest BCUT2D eigenvalue weighted by atomic mass is 32.1. The molecule has 6 heteroatoms. The predicted molar refractivity (Wildman–Crippen MR) is 92.8 cm³/mol. The van der Waals surface area contributed by atoms with Crippen LogP contribution in [0.5, 0.6) is 0 Å². The molecule has 3 heterocycles. The quantitative estimate of drug-likeness (QED) is 0.853. The van der Waals surface area contributed by atoms with E-state index in [0.29, 0.717) is 12.5 Å². The first kappa shape index (κ1) is 16.2. The van der Waals surface area contributed by atoms with Crippen LogP contribution in [0.15, 0.2) is 23.6 Å². The Morgan fingerprint density at radius 2 is 2.48 bits per heavy atom. The van der Waals surface area contributed by atoms with Crippen LogP contribution in [0.3, 0.4) is 0 Å². The summed E-state index contributed by atoms with van der Waals surface area (Å²) >= 11 is 1.74. The van der Waals surface area contributed by atoms with Gasteiger partial charge in [-0.3, -0.25) is 14.8 Å². The fraction of sp³-hybridized carbons (Fsp3) is 0.529. The van der Waals surface area contributed by atoms with Crippen molar-refractivity contribution in [3.63, 3.8) is 0 Å². The molecule has 0 spiro atoms. The van der Waals surface area contributed by atoms with Gasteiger partial charge in [0.1, 0.15) is 0 Å². The van der Waals surface area contributed by atoms with E-state index in [1.54, 1.807) is 11.3 Å². The highest BCUT2D eigenvalue weighted by Gasteiger charge is 2.24. The normalized spacial score (nSPS) is 18.9. The van der Waals surface area contributed by atoms with Gasteiger partial charge in [-0.1, -0.05) is 6.07 Å². The Labute approximate surface area is 141 Å². The van der Waals surface area contributed by atoms with Gasteiger partial charge in [0.15, 0.2) is 0 Å². The van der Waals surface area contributed by atoms with Gasteiger partial charge in [0.2, 0.25) is 5.91 Å². The first-order chi connectivity index (χ1) is 11.2. The molecule has 2 aromatic rings. The third-order valence-electron chi connectivity index (χ3n) is 4.29. The van der Waals surface area contributed by atoms with Gasteiger partial charge in [-0.15, -0.1) is 11.3 Å². The minimum absolute atomic E-state index is 0.125. The Kier molecular flexibility index (Phi) is 5.46. The molecular weight excluding hydrogens is 308 g/mol. The van der Waals surface area contributed by atoms with Crippen molar-refractivity contribution in [2.24, 2.45) is 0 Å². The molecule has 1 atom stereocenters. The molecule has 0 aromatic carbocycles. The maximum absolute atomic E-state index is 12.1. The maximum atomic E-state index is 12.1. The van der Waals surface area contributed by atoms with Gasteiger partial charge in [-0.25, -0.2) is 0 Å². The molecule has 1 aliphatic rings. The number of aryl methyl sites for hydroxylation is 1. The number of H-pyrrole nitrogens is 1. The number of nitrogens with zero attached hydrogens (tertiary/aromatic N) is 2. The third kappa shape index (κ3) is 4.65. The van der Waals surface area contributed by atoms with E-state index < -0.39 is 0 Å². The van der Waals surface area contributed by atoms with Crippen LogP contribution in [-0.4, -0.2) is 47.2 Å². The second kappa shape index (κ2) is 7.75. The zero-order chi connectivity index (χ0) is 16.1. The van der Waals surface area contributed by atoms with E-state index in [4.69, 9.17) is 0 Å². The number of aromatic amines is 1.